The number of hydrogen-bond acceptors (Lipinski definition) is 6. The highest BCUT2D eigenvalue weighted by atomic mass is 16.5. The number of nitrogens with one attached hydrogen (secondary N) is 1. The fraction of sp³-hybridized carbons (Fsp3) is 0.125. The Kier molecular flexibility index (Phi) is 5.37. The first-order chi connectivity index (χ1) is 16.1. The second-order valence-electron chi connectivity index (χ2n) is 7.42. The van der Waals surface area contributed by atoms with Crippen molar-refractivity contribution in [3.05, 3.63) is 94.5 Å². The lowest BCUT2D eigenvalue weighted by Crippen LogP contribution is -2.26. The summed E-state index contributed by atoms with van der Waals surface area (Å²) in [5.41, 5.74) is 7.00. The number of nitrogens with zero attached hydrogens (tertiary/aromatic N) is 3. The Labute approximate surface area is 189 Å². The molecule has 2 aromatic carbocycles. The van der Waals surface area contributed by atoms with E-state index in [0.29, 0.717) is 47.5 Å². The molecule has 0 saturated heterocycles. The van der Waals surface area contributed by atoms with E-state index >= 15 is 0 Å². The summed E-state index contributed by atoms with van der Waals surface area (Å²) < 4.78 is 14.8. The van der Waals surface area contributed by atoms with Gasteiger partial charge in [0.1, 0.15) is 17.1 Å². The number of benzene rings is 2. The molecule has 0 saturated carbocycles. The van der Waals surface area contributed by atoms with Crippen molar-refractivity contribution in [3.8, 4) is 17.2 Å². The number of carbonyl (C=O) groups is 1. The molecule has 3 N–H and O–H groups in total. The van der Waals surface area contributed by atoms with Crippen LogP contribution in [0.3, 0.4) is 0 Å². The fourth-order valence-electron chi connectivity index (χ4n) is 3.81. The monoisotopic (exact) mass is 443 g/mol. The summed E-state index contributed by atoms with van der Waals surface area (Å²) in [5.74, 6) is 0.666. The van der Waals surface area contributed by atoms with Crippen LogP contribution < -0.4 is 21.3 Å². The van der Waals surface area contributed by atoms with Crippen molar-refractivity contribution in [1.82, 2.24) is 14.3 Å². The van der Waals surface area contributed by atoms with Crippen molar-refractivity contribution in [3.63, 3.8) is 0 Å². The molecule has 1 aliphatic rings. The van der Waals surface area contributed by atoms with E-state index in [1.807, 2.05) is 30.3 Å². The van der Waals surface area contributed by atoms with Crippen molar-refractivity contribution < 1.29 is 14.3 Å². The molecule has 0 radical (unpaired) electrons. The van der Waals surface area contributed by atoms with Gasteiger partial charge < -0.3 is 20.5 Å². The molecule has 0 atom stereocenters. The molecular formula is C24H21N5O4. The molecular weight excluding hydrogens is 422 g/mol. The van der Waals surface area contributed by atoms with Crippen molar-refractivity contribution in [2.45, 2.75) is 13.2 Å². The number of nitrogen functional groups attached to an aromatic ring is 1. The lowest BCUT2D eigenvalue weighted by atomic mass is 10.2. The predicted octanol–water partition coefficient (Wildman–Crippen LogP) is 3.19. The molecule has 0 aliphatic carbocycles. The second-order valence-corrected chi connectivity index (χ2v) is 7.42. The Balaban J connectivity index is 1.51. The lowest BCUT2D eigenvalue weighted by Gasteiger charge is -2.19. The van der Waals surface area contributed by atoms with Gasteiger partial charge in [0.25, 0.3) is 11.5 Å². The Hall–Kier alpha value is -4.37. The maximum Gasteiger partial charge on any atom is 0.284 e. The van der Waals surface area contributed by atoms with Crippen molar-refractivity contribution in [2.24, 2.45) is 0 Å². The van der Waals surface area contributed by atoms with Crippen LogP contribution >= 0.6 is 0 Å². The van der Waals surface area contributed by atoms with Crippen molar-refractivity contribution in [1.29, 1.82) is 0 Å². The molecule has 0 fully saturated rings. The van der Waals surface area contributed by atoms with E-state index in [1.54, 1.807) is 41.1 Å². The van der Waals surface area contributed by atoms with Crippen LogP contribution in [0, 0.1) is 0 Å². The minimum absolute atomic E-state index is 0.0431. The number of nitrogens with two attached hydrogens (primary N) is 1. The first kappa shape index (κ1) is 20.5. The zero-order valence-electron chi connectivity index (χ0n) is 17.6. The van der Waals surface area contributed by atoms with Crippen LogP contribution in [-0.2, 0) is 17.9 Å². The molecule has 1 amide bonds. The van der Waals surface area contributed by atoms with Crippen molar-refractivity contribution >= 4 is 17.4 Å². The summed E-state index contributed by atoms with van der Waals surface area (Å²) in [5, 5.41) is 2.82. The number of para-hydroxylation sites is 3. The van der Waals surface area contributed by atoms with E-state index in [0.717, 1.165) is 0 Å². The van der Waals surface area contributed by atoms with Gasteiger partial charge in [-0.15, -0.1) is 0 Å². The van der Waals surface area contributed by atoms with Crippen LogP contribution in [0.25, 0.3) is 5.69 Å². The van der Waals surface area contributed by atoms with Gasteiger partial charge in [-0.3, -0.25) is 14.3 Å². The standard InChI is InChI=1S/C24H21N5O4/c25-21-14-17(10-11-26-21)33-20-9-5-4-8-18(20)27-23(30)22-19-15-32-13-12-28(19)29(24(22)31)16-6-2-1-3-7-16/h1-11,14H,12-13,15H2,(H2,25,26)(H,27,30). The number of hydrogen-bond donors (Lipinski definition) is 2. The first-order valence-electron chi connectivity index (χ1n) is 10.4. The van der Waals surface area contributed by atoms with E-state index in [2.05, 4.69) is 10.3 Å². The number of ether oxygens (including phenoxy) is 2. The van der Waals surface area contributed by atoms with Crippen LogP contribution in [0.15, 0.2) is 77.7 Å². The van der Waals surface area contributed by atoms with Gasteiger partial charge >= 0.3 is 0 Å². The van der Waals surface area contributed by atoms with Gasteiger partial charge in [0.05, 0.1) is 36.8 Å². The van der Waals surface area contributed by atoms with Gasteiger partial charge in [0.2, 0.25) is 0 Å². The predicted molar refractivity (Wildman–Crippen MR) is 123 cm³/mol. The molecule has 0 spiro atoms. The highest BCUT2D eigenvalue weighted by molar-refractivity contribution is 6.05. The first-order valence-corrected chi connectivity index (χ1v) is 10.4. The average molecular weight is 443 g/mol. The Morgan fingerprint density at radius 1 is 1.09 bits per heavy atom. The number of fused-ring (bicyclic) bond motifs is 1. The molecule has 2 aromatic heterocycles. The summed E-state index contributed by atoms with van der Waals surface area (Å²) in [4.78, 5) is 30.7. The zero-order valence-corrected chi connectivity index (χ0v) is 17.6. The summed E-state index contributed by atoms with van der Waals surface area (Å²) in [6.07, 6.45) is 1.53. The highest BCUT2D eigenvalue weighted by Crippen LogP contribution is 2.30. The summed E-state index contributed by atoms with van der Waals surface area (Å²) in [6, 6.07) is 19.4. The second kappa shape index (κ2) is 8.64. The van der Waals surface area contributed by atoms with Crippen LogP contribution in [0.4, 0.5) is 11.5 Å². The minimum atomic E-state index is -0.533. The maximum atomic E-state index is 13.4. The third kappa shape index (κ3) is 3.97. The quantitative estimate of drug-likeness (QED) is 0.490. The smallest absolute Gasteiger partial charge is 0.284 e. The molecule has 166 valence electrons. The van der Waals surface area contributed by atoms with Gasteiger partial charge in [0.15, 0.2) is 5.75 Å². The van der Waals surface area contributed by atoms with E-state index in [1.165, 1.54) is 10.9 Å². The van der Waals surface area contributed by atoms with Gasteiger partial charge in [-0.25, -0.2) is 9.67 Å². The molecule has 3 heterocycles. The largest absolute Gasteiger partial charge is 0.455 e. The molecule has 0 unspecified atom stereocenters. The van der Waals surface area contributed by atoms with E-state index < -0.39 is 11.5 Å². The van der Waals surface area contributed by atoms with E-state index in [4.69, 9.17) is 15.2 Å². The van der Waals surface area contributed by atoms with Crippen molar-refractivity contribution in [2.75, 3.05) is 17.7 Å². The molecule has 5 rings (SSSR count). The number of aromatic nitrogens is 3. The molecule has 33 heavy (non-hydrogen) atoms. The number of carbonyl (C=O) groups excluding carboxylic acids is 1. The minimum Gasteiger partial charge on any atom is -0.455 e. The number of anilines is 2. The molecule has 9 nitrogen and oxygen atoms in total. The maximum absolute atomic E-state index is 13.4. The highest BCUT2D eigenvalue weighted by Gasteiger charge is 2.28. The normalized spacial score (nSPS) is 12.7. The summed E-state index contributed by atoms with van der Waals surface area (Å²) in [7, 11) is 0. The summed E-state index contributed by atoms with van der Waals surface area (Å²) >= 11 is 0. The van der Waals surface area contributed by atoms with Crippen LogP contribution in [0.5, 0.6) is 11.5 Å². The molecule has 4 aromatic rings. The SMILES string of the molecule is Nc1cc(Oc2ccccc2NC(=O)c2c3n(n(-c4ccccc4)c2=O)CCOC3)ccn1. The van der Waals surface area contributed by atoms with Crippen LogP contribution in [0.2, 0.25) is 0 Å². The Morgan fingerprint density at radius 2 is 1.88 bits per heavy atom. The summed E-state index contributed by atoms with van der Waals surface area (Å²) in [6.45, 7) is 1.10. The number of pyridine rings is 1. The van der Waals surface area contributed by atoms with Gasteiger partial charge in [-0.05, 0) is 30.3 Å². The van der Waals surface area contributed by atoms with E-state index in [9.17, 15) is 9.59 Å². The van der Waals surface area contributed by atoms with Gasteiger partial charge in [-0.1, -0.05) is 30.3 Å². The van der Waals surface area contributed by atoms with Crippen LogP contribution in [-0.4, -0.2) is 26.9 Å². The number of rotatable bonds is 5. The number of amides is 1. The van der Waals surface area contributed by atoms with Gasteiger partial charge in [0, 0.05) is 12.3 Å². The van der Waals surface area contributed by atoms with E-state index in [-0.39, 0.29) is 12.2 Å². The molecule has 1 aliphatic heterocycles. The zero-order chi connectivity index (χ0) is 22.8. The molecule has 9 heteroatoms. The third-order valence-electron chi connectivity index (χ3n) is 5.28. The third-order valence-corrected chi connectivity index (χ3v) is 5.28. The topological polar surface area (TPSA) is 113 Å². The average Bonchev–Trinajstić information content (AvgIpc) is 3.12. The Morgan fingerprint density at radius 3 is 2.70 bits per heavy atom. The Bertz CT molecular complexity index is 1380. The van der Waals surface area contributed by atoms with Crippen LogP contribution in [0.1, 0.15) is 16.1 Å². The fourth-order valence-corrected chi connectivity index (χ4v) is 3.81. The lowest BCUT2D eigenvalue weighted by molar-refractivity contribution is 0.0756. The molecule has 0 bridgehead atoms. The van der Waals surface area contributed by atoms with Gasteiger partial charge in [-0.2, -0.15) is 0 Å².